The third-order valence-corrected chi connectivity index (χ3v) is 8.10. The van der Waals surface area contributed by atoms with Crippen molar-refractivity contribution >= 4 is 32.6 Å². The van der Waals surface area contributed by atoms with Crippen LogP contribution in [0.25, 0.3) is 10.8 Å². The summed E-state index contributed by atoms with van der Waals surface area (Å²) in [6.07, 6.45) is 1.60. The Morgan fingerprint density at radius 3 is 2.43 bits per heavy atom. The summed E-state index contributed by atoms with van der Waals surface area (Å²) in [6, 6.07) is 18.0. The van der Waals surface area contributed by atoms with Crippen molar-refractivity contribution < 1.29 is 23.1 Å². The van der Waals surface area contributed by atoms with Gasteiger partial charge in [0, 0.05) is 25.7 Å². The van der Waals surface area contributed by atoms with Gasteiger partial charge in [0.15, 0.2) is 0 Å². The van der Waals surface area contributed by atoms with Crippen LogP contribution < -0.4 is 15.8 Å². The van der Waals surface area contributed by atoms with Crippen molar-refractivity contribution in [1.29, 1.82) is 0 Å². The maximum atomic E-state index is 13.2. The number of aliphatic hydroxyl groups excluding tert-OH is 1. The molecule has 2 atom stereocenters. The van der Waals surface area contributed by atoms with E-state index in [9.17, 15) is 23.1 Å². The predicted octanol–water partition coefficient (Wildman–Crippen LogP) is 1.29. The summed E-state index contributed by atoms with van der Waals surface area (Å²) >= 11 is 0. The fourth-order valence-electron chi connectivity index (χ4n) is 4.57. The first-order valence-corrected chi connectivity index (χ1v) is 13.8. The van der Waals surface area contributed by atoms with Gasteiger partial charge >= 0.3 is 0 Å². The van der Waals surface area contributed by atoms with Gasteiger partial charge in [-0.05, 0) is 46.9 Å². The van der Waals surface area contributed by atoms with E-state index in [1.807, 2.05) is 42.5 Å². The lowest BCUT2D eigenvalue weighted by Gasteiger charge is -2.28. The Kier molecular flexibility index (Phi) is 8.55. The number of rotatable bonds is 10. The Labute approximate surface area is 216 Å². The van der Waals surface area contributed by atoms with E-state index in [1.54, 1.807) is 17.0 Å². The Hall–Kier alpha value is -3.31. The Bertz CT molecular complexity index is 1360. The average molecular weight is 525 g/mol. The molecule has 0 spiro atoms. The van der Waals surface area contributed by atoms with E-state index in [1.165, 1.54) is 12.1 Å². The number of aliphatic hydroxyl groups is 1. The van der Waals surface area contributed by atoms with Crippen LogP contribution in [0.4, 0.5) is 0 Å². The molecule has 0 aliphatic carbocycles. The van der Waals surface area contributed by atoms with Crippen LogP contribution in [0.3, 0.4) is 0 Å². The van der Waals surface area contributed by atoms with E-state index >= 15 is 0 Å². The van der Waals surface area contributed by atoms with Gasteiger partial charge < -0.3 is 21.1 Å². The summed E-state index contributed by atoms with van der Waals surface area (Å²) in [4.78, 5) is 27.2. The normalized spacial score (nSPS) is 16.6. The lowest BCUT2D eigenvalue weighted by Crippen LogP contribution is -2.53. The van der Waals surface area contributed by atoms with Gasteiger partial charge in [-0.1, -0.05) is 54.6 Å². The summed E-state index contributed by atoms with van der Waals surface area (Å²) in [5, 5.41) is 14.4. The minimum absolute atomic E-state index is 0.0159. The van der Waals surface area contributed by atoms with Crippen LogP contribution in [-0.4, -0.2) is 62.0 Å². The van der Waals surface area contributed by atoms with Crippen LogP contribution in [-0.2, 0) is 32.6 Å². The molecule has 1 fully saturated rings. The number of hydrogen-bond donors (Lipinski definition) is 4. The van der Waals surface area contributed by atoms with Crippen molar-refractivity contribution in [2.24, 2.45) is 5.73 Å². The van der Waals surface area contributed by atoms with Crippen molar-refractivity contribution in [3.05, 3.63) is 77.9 Å². The van der Waals surface area contributed by atoms with Gasteiger partial charge in [0.25, 0.3) is 0 Å². The van der Waals surface area contributed by atoms with Crippen LogP contribution in [0.2, 0.25) is 0 Å². The highest BCUT2D eigenvalue weighted by atomic mass is 32.2. The Morgan fingerprint density at radius 1 is 1.03 bits per heavy atom. The van der Waals surface area contributed by atoms with Crippen LogP contribution in [0.1, 0.15) is 24.0 Å². The number of nitrogens with two attached hydrogens (primary N) is 1. The standard InChI is InChI=1S/C27H32N4O5S/c28-16-20-9-7-19(8-10-20)14-26(33)29-17-23-6-3-13-31(23)27(34)25(18-32)30-37(35,36)24-12-11-21-4-1-2-5-22(21)15-24/h1-2,4-5,7-12,15,23,25,30,32H,3,6,13-14,16-18,28H2,(H,29,33)/t23-,25-/m0/s1. The molecular weight excluding hydrogens is 492 g/mol. The maximum Gasteiger partial charge on any atom is 0.243 e. The van der Waals surface area contributed by atoms with Crippen molar-refractivity contribution in [3.8, 4) is 0 Å². The zero-order valence-electron chi connectivity index (χ0n) is 20.5. The molecule has 9 nitrogen and oxygen atoms in total. The molecule has 0 radical (unpaired) electrons. The summed E-state index contributed by atoms with van der Waals surface area (Å²) in [7, 11) is -4.06. The summed E-state index contributed by atoms with van der Waals surface area (Å²) in [6.45, 7) is 0.431. The first-order valence-electron chi connectivity index (χ1n) is 12.3. The largest absolute Gasteiger partial charge is 0.394 e. The summed E-state index contributed by atoms with van der Waals surface area (Å²) in [5.41, 5.74) is 7.45. The molecule has 0 aromatic heterocycles. The zero-order chi connectivity index (χ0) is 26.4. The second-order valence-electron chi connectivity index (χ2n) is 9.19. The molecule has 4 rings (SSSR count). The second kappa shape index (κ2) is 11.8. The molecule has 1 aliphatic heterocycles. The third-order valence-electron chi connectivity index (χ3n) is 6.63. The lowest BCUT2D eigenvalue weighted by molar-refractivity contribution is -0.135. The molecule has 3 aromatic carbocycles. The van der Waals surface area contributed by atoms with Crippen LogP contribution in [0, 0.1) is 0 Å². The van der Waals surface area contributed by atoms with Crippen molar-refractivity contribution in [3.63, 3.8) is 0 Å². The van der Waals surface area contributed by atoms with Crippen LogP contribution in [0.5, 0.6) is 0 Å². The number of carbonyl (C=O) groups excluding carboxylic acids is 2. The quantitative estimate of drug-likeness (QED) is 0.315. The molecule has 0 unspecified atom stereocenters. The SMILES string of the molecule is NCc1ccc(CC(=O)NC[C@@H]2CCCN2C(=O)[C@H](CO)NS(=O)(=O)c2ccc3ccccc3c2)cc1. The molecule has 0 saturated carbocycles. The third kappa shape index (κ3) is 6.53. The first-order chi connectivity index (χ1) is 17.8. The number of sulfonamides is 1. The smallest absolute Gasteiger partial charge is 0.243 e. The van der Waals surface area contributed by atoms with E-state index in [0.29, 0.717) is 19.5 Å². The van der Waals surface area contributed by atoms with Gasteiger partial charge in [-0.3, -0.25) is 9.59 Å². The lowest BCUT2D eigenvalue weighted by atomic mass is 10.1. The number of carbonyl (C=O) groups is 2. The Morgan fingerprint density at radius 2 is 1.73 bits per heavy atom. The zero-order valence-corrected chi connectivity index (χ0v) is 21.3. The summed E-state index contributed by atoms with van der Waals surface area (Å²) < 4.78 is 28.4. The minimum Gasteiger partial charge on any atom is -0.394 e. The highest BCUT2D eigenvalue weighted by molar-refractivity contribution is 7.89. The van der Waals surface area contributed by atoms with Gasteiger partial charge in [-0.15, -0.1) is 0 Å². The molecular formula is C27H32N4O5S. The molecule has 10 heteroatoms. The minimum atomic E-state index is -4.06. The molecule has 5 N–H and O–H groups in total. The van der Waals surface area contributed by atoms with Crippen molar-refractivity contribution in [2.75, 3.05) is 19.7 Å². The second-order valence-corrected chi connectivity index (χ2v) is 10.9. The average Bonchev–Trinajstić information content (AvgIpc) is 3.39. The van der Waals surface area contributed by atoms with Gasteiger partial charge in [0.2, 0.25) is 21.8 Å². The van der Waals surface area contributed by atoms with Crippen LogP contribution >= 0.6 is 0 Å². The molecule has 1 aliphatic rings. The molecule has 196 valence electrons. The topological polar surface area (TPSA) is 142 Å². The van der Waals surface area contributed by atoms with Gasteiger partial charge in [0.05, 0.1) is 17.9 Å². The van der Waals surface area contributed by atoms with E-state index in [2.05, 4.69) is 10.0 Å². The van der Waals surface area contributed by atoms with E-state index in [-0.39, 0.29) is 29.8 Å². The van der Waals surface area contributed by atoms with Crippen molar-refractivity contribution in [2.45, 2.75) is 42.8 Å². The number of benzene rings is 3. The van der Waals surface area contributed by atoms with Gasteiger partial charge in [-0.2, -0.15) is 4.72 Å². The first kappa shape index (κ1) is 26.7. The number of nitrogens with zero attached hydrogens (tertiary/aromatic N) is 1. The predicted molar refractivity (Wildman–Crippen MR) is 141 cm³/mol. The van der Waals surface area contributed by atoms with E-state index in [4.69, 9.17) is 5.73 Å². The number of fused-ring (bicyclic) bond motifs is 1. The maximum absolute atomic E-state index is 13.2. The number of nitrogens with one attached hydrogen (secondary N) is 2. The Balaban J connectivity index is 1.37. The fourth-order valence-corrected chi connectivity index (χ4v) is 5.78. The fraction of sp³-hybridized carbons (Fsp3) is 0.333. The van der Waals surface area contributed by atoms with Crippen LogP contribution in [0.15, 0.2) is 71.6 Å². The van der Waals surface area contributed by atoms with E-state index < -0.39 is 28.6 Å². The molecule has 1 heterocycles. The molecule has 37 heavy (non-hydrogen) atoms. The number of amides is 2. The van der Waals surface area contributed by atoms with E-state index in [0.717, 1.165) is 28.3 Å². The highest BCUT2D eigenvalue weighted by Gasteiger charge is 2.35. The van der Waals surface area contributed by atoms with Crippen molar-refractivity contribution in [1.82, 2.24) is 14.9 Å². The van der Waals surface area contributed by atoms with Gasteiger partial charge in [-0.25, -0.2) is 8.42 Å². The monoisotopic (exact) mass is 524 g/mol. The number of hydrogen-bond acceptors (Lipinski definition) is 6. The summed E-state index contributed by atoms with van der Waals surface area (Å²) in [5.74, 6) is -0.684. The highest BCUT2D eigenvalue weighted by Crippen LogP contribution is 2.21. The molecule has 0 bridgehead atoms. The molecule has 2 amide bonds. The van der Waals surface area contributed by atoms with Gasteiger partial charge in [0.1, 0.15) is 6.04 Å². The molecule has 1 saturated heterocycles. The number of likely N-dealkylation sites (tertiary alicyclic amines) is 1. The molecule has 3 aromatic rings.